The highest BCUT2D eigenvalue weighted by Crippen LogP contribution is 2.12. The zero-order valence-electron chi connectivity index (χ0n) is 15.8. The van der Waals surface area contributed by atoms with Crippen LogP contribution in [0.15, 0.2) is 73.1 Å². The lowest BCUT2D eigenvalue weighted by Gasteiger charge is -2.10. The number of carbonyl (C=O) groups is 2. The van der Waals surface area contributed by atoms with Crippen molar-refractivity contribution in [3.8, 4) is 5.69 Å². The molecule has 0 saturated heterocycles. The first-order chi connectivity index (χ1) is 13.5. The van der Waals surface area contributed by atoms with Crippen LogP contribution in [0.25, 0.3) is 11.8 Å². The second-order valence-corrected chi connectivity index (χ2v) is 6.58. The van der Waals surface area contributed by atoms with E-state index in [9.17, 15) is 9.59 Å². The summed E-state index contributed by atoms with van der Waals surface area (Å²) in [6.07, 6.45) is 6.81. The molecule has 1 heterocycles. The first kappa shape index (κ1) is 19.1. The number of hydrogen-bond donors (Lipinski definition) is 2. The average molecular weight is 374 g/mol. The molecule has 0 aliphatic carbocycles. The highest BCUT2D eigenvalue weighted by Gasteiger charge is 2.06. The van der Waals surface area contributed by atoms with Crippen molar-refractivity contribution in [2.24, 2.45) is 0 Å². The van der Waals surface area contributed by atoms with Gasteiger partial charge in [0.1, 0.15) is 0 Å². The van der Waals surface area contributed by atoms with Crippen molar-refractivity contribution in [2.45, 2.75) is 19.9 Å². The number of para-hydroxylation sites is 1. The molecule has 2 amide bonds. The van der Waals surface area contributed by atoms with Crippen LogP contribution in [0, 0.1) is 0 Å². The van der Waals surface area contributed by atoms with Crippen LogP contribution in [-0.4, -0.2) is 27.6 Å². The van der Waals surface area contributed by atoms with Gasteiger partial charge in [-0.2, -0.15) is 5.10 Å². The molecule has 1 aromatic heterocycles. The van der Waals surface area contributed by atoms with Gasteiger partial charge in [-0.15, -0.1) is 0 Å². The van der Waals surface area contributed by atoms with E-state index in [0.29, 0.717) is 11.3 Å². The molecule has 0 radical (unpaired) electrons. The van der Waals surface area contributed by atoms with Gasteiger partial charge in [0.15, 0.2) is 5.78 Å². The van der Waals surface area contributed by atoms with E-state index >= 15 is 0 Å². The largest absolute Gasteiger partial charge is 0.336 e. The number of nitrogens with zero attached hydrogens (tertiary/aromatic N) is 2. The van der Waals surface area contributed by atoms with Crippen LogP contribution in [0.2, 0.25) is 0 Å². The van der Waals surface area contributed by atoms with Gasteiger partial charge in [0.05, 0.1) is 11.9 Å². The Hall–Kier alpha value is -3.67. The molecule has 3 rings (SSSR count). The topological polar surface area (TPSA) is 76.0 Å². The Morgan fingerprint density at radius 1 is 1.04 bits per heavy atom. The predicted molar refractivity (Wildman–Crippen MR) is 111 cm³/mol. The van der Waals surface area contributed by atoms with Gasteiger partial charge in [-0.3, -0.25) is 4.79 Å². The molecule has 3 aromatic rings. The van der Waals surface area contributed by atoms with E-state index in [-0.39, 0.29) is 17.9 Å². The molecule has 2 N–H and O–H groups in total. The number of carbonyl (C=O) groups excluding carboxylic acids is 2. The number of allylic oxidation sites excluding steroid dienone is 1. The van der Waals surface area contributed by atoms with Crippen molar-refractivity contribution in [3.63, 3.8) is 0 Å². The maximum Gasteiger partial charge on any atom is 0.319 e. The summed E-state index contributed by atoms with van der Waals surface area (Å²) in [5, 5.41) is 9.77. The lowest BCUT2D eigenvalue weighted by molar-refractivity contribution is 0.104. The third-order valence-corrected chi connectivity index (χ3v) is 3.90. The average Bonchev–Trinajstić information content (AvgIpc) is 3.16. The van der Waals surface area contributed by atoms with Crippen LogP contribution < -0.4 is 10.6 Å². The minimum atomic E-state index is -0.274. The predicted octanol–water partition coefficient (Wildman–Crippen LogP) is 4.30. The maximum absolute atomic E-state index is 12.4. The Morgan fingerprint density at radius 2 is 1.75 bits per heavy atom. The molecule has 0 unspecified atom stereocenters. The van der Waals surface area contributed by atoms with Crippen LogP contribution in [0.1, 0.15) is 29.8 Å². The fourth-order valence-electron chi connectivity index (χ4n) is 2.56. The van der Waals surface area contributed by atoms with Gasteiger partial charge >= 0.3 is 6.03 Å². The Kier molecular flexibility index (Phi) is 6.01. The molecule has 0 fully saturated rings. The van der Waals surface area contributed by atoms with Crippen LogP contribution in [0.5, 0.6) is 0 Å². The molecular formula is C22H22N4O2. The van der Waals surface area contributed by atoms with Crippen LogP contribution in [0.3, 0.4) is 0 Å². The summed E-state index contributed by atoms with van der Waals surface area (Å²) in [7, 11) is 0. The summed E-state index contributed by atoms with van der Waals surface area (Å²) in [6.45, 7) is 3.77. The number of hydrogen-bond acceptors (Lipinski definition) is 3. The van der Waals surface area contributed by atoms with E-state index in [0.717, 1.165) is 11.3 Å². The van der Waals surface area contributed by atoms with Gasteiger partial charge in [-0.05, 0) is 62.4 Å². The number of amides is 2. The molecule has 0 aliphatic heterocycles. The lowest BCUT2D eigenvalue weighted by atomic mass is 10.1. The van der Waals surface area contributed by atoms with Crippen LogP contribution in [0.4, 0.5) is 10.5 Å². The van der Waals surface area contributed by atoms with Gasteiger partial charge in [0, 0.05) is 29.1 Å². The number of anilines is 1. The highest BCUT2D eigenvalue weighted by atomic mass is 16.2. The molecular weight excluding hydrogens is 352 g/mol. The van der Waals surface area contributed by atoms with Gasteiger partial charge in [0.2, 0.25) is 0 Å². The molecule has 0 spiro atoms. The zero-order valence-corrected chi connectivity index (χ0v) is 15.8. The molecule has 6 heteroatoms. The molecule has 6 nitrogen and oxygen atoms in total. The Morgan fingerprint density at radius 3 is 2.43 bits per heavy atom. The monoisotopic (exact) mass is 374 g/mol. The summed E-state index contributed by atoms with van der Waals surface area (Å²) < 4.78 is 1.76. The normalized spacial score (nSPS) is 11.0. The van der Waals surface area contributed by atoms with Crippen molar-refractivity contribution in [1.82, 2.24) is 15.1 Å². The maximum atomic E-state index is 12.4. The summed E-state index contributed by atoms with van der Waals surface area (Å²) in [5.41, 5.74) is 2.96. The van der Waals surface area contributed by atoms with Gasteiger partial charge in [-0.25, -0.2) is 9.48 Å². The number of nitrogens with one attached hydrogen (secondary N) is 2. The first-order valence-electron chi connectivity index (χ1n) is 9.01. The third-order valence-electron chi connectivity index (χ3n) is 3.90. The minimum Gasteiger partial charge on any atom is -0.336 e. The first-order valence-corrected chi connectivity index (χ1v) is 9.01. The number of ketones is 1. The smallest absolute Gasteiger partial charge is 0.319 e. The lowest BCUT2D eigenvalue weighted by Crippen LogP contribution is -2.34. The minimum absolute atomic E-state index is 0.0530. The van der Waals surface area contributed by atoms with Crippen molar-refractivity contribution in [2.75, 3.05) is 5.32 Å². The highest BCUT2D eigenvalue weighted by molar-refractivity contribution is 6.07. The second kappa shape index (κ2) is 8.81. The quantitative estimate of drug-likeness (QED) is 0.499. The van der Waals surface area contributed by atoms with E-state index in [2.05, 4.69) is 15.7 Å². The fourth-order valence-corrected chi connectivity index (χ4v) is 2.56. The number of benzene rings is 2. The summed E-state index contributed by atoms with van der Waals surface area (Å²) in [5.74, 6) is -0.120. The van der Waals surface area contributed by atoms with Crippen LogP contribution >= 0.6 is 0 Å². The standard InChI is InChI=1S/C22H22N4O2/c1-16(2)24-22(28)25-19-11-9-18(10-12-19)21(27)13-8-17-14-23-26(15-17)20-6-4-3-5-7-20/h3-16H,1-2H3,(H2,24,25,28)/b13-8+. The van der Waals surface area contributed by atoms with E-state index in [1.807, 2.05) is 50.4 Å². The molecule has 0 atom stereocenters. The van der Waals surface area contributed by atoms with E-state index in [1.54, 1.807) is 41.2 Å². The summed E-state index contributed by atoms with van der Waals surface area (Å²) in [6, 6.07) is 16.3. The van der Waals surface area contributed by atoms with E-state index < -0.39 is 0 Å². The molecule has 142 valence electrons. The third kappa shape index (κ3) is 5.17. The molecule has 0 saturated carbocycles. The van der Waals surface area contributed by atoms with Gasteiger partial charge in [-0.1, -0.05) is 18.2 Å². The number of aromatic nitrogens is 2. The van der Waals surface area contributed by atoms with E-state index in [4.69, 9.17) is 0 Å². The Balaban J connectivity index is 1.61. The molecule has 0 aliphatic rings. The summed E-state index contributed by atoms with van der Waals surface area (Å²) in [4.78, 5) is 24.1. The Labute approximate surface area is 163 Å². The van der Waals surface area contributed by atoms with Crippen molar-refractivity contribution in [3.05, 3.63) is 84.2 Å². The van der Waals surface area contributed by atoms with Crippen molar-refractivity contribution >= 4 is 23.6 Å². The molecule has 28 heavy (non-hydrogen) atoms. The van der Waals surface area contributed by atoms with Gasteiger partial charge in [0.25, 0.3) is 0 Å². The SMILES string of the molecule is CC(C)NC(=O)Nc1ccc(C(=O)/C=C/c2cnn(-c3ccccc3)c2)cc1. The summed E-state index contributed by atoms with van der Waals surface area (Å²) >= 11 is 0. The molecule has 0 bridgehead atoms. The van der Waals surface area contributed by atoms with Crippen molar-refractivity contribution < 1.29 is 9.59 Å². The van der Waals surface area contributed by atoms with E-state index in [1.165, 1.54) is 6.08 Å². The number of rotatable bonds is 6. The zero-order chi connectivity index (χ0) is 19.9. The molecule has 2 aromatic carbocycles. The Bertz CT molecular complexity index is 973. The second-order valence-electron chi connectivity index (χ2n) is 6.58. The van der Waals surface area contributed by atoms with Crippen molar-refractivity contribution in [1.29, 1.82) is 0 Å². The van der Waals surface area contributed by atoms with Crippen LogP contribution in [-0.2, 0) is 0 Å². The number of urea groups is 1. The van der Waals surface area contributed by atoms with Gasteiger partial charge < -0.3 is 10.6 Å². The fraction of sp³-hybridized carbons (Fsp3) is 0.136.